The molecule has 0 amide bonds. The van der Waals surface area contributed by atoms with E-state index in [0.29, 0.717) is 0 Å². The van der Waals surface area contributed by atoms with Crippen molar-refractivity contribution in [2.75, 3.05) is 33.2 Å². The van der Waals surface area contributed by atoms with Crippen LogP contribution in [-0.2, 0) is 4.74 Å². The molecule has 2 fully saturated rings. The third-order valence-corrected chi connectivity index (χ3v) is 13.8. The first-order valence-electron chi connectivity index (χ1n) is 4.89. The van der Waals surface area contributed by atoms with Gasteiger partial charge in [0, 0.05) is 0 Å². The molecule has 2 aliphatic heterocycles. The van der Waals surface area contributed by atoms with Crippen molar-refractivity contribution in [1.82, 2.24) is 3.11 Å². The molecule has 2 nitrogen and oxygen atoms in total. The first-order chi connectivity index (χ1) is 5.87. The van der Waals surface area contributed by atoms with Crippen molar-refractivity contribution in [2.24, 2.45) is 0 Å². The Morgan fingerprint density at radius 2 is 1.92 bits per heavy atom. The quantitative estimate of drug-likeness (QED) is 0.343. The molecule has 0 aliphatic carbocycles. The number of alkyl halides is 3. The zero-order valence-corrected chi connectivity index (χ0v) is 10.0. The van der Waals surface area contributed by atoms with E-state index in [1.165, 1.54) is 25.9 Å². The Morgan fingerprint density at radius 3 is 2.50 bits per heavy atom. The van der Waals surface area contributed by atoms with Gasteiger partial charge in [0.05, 0.1) is 0 Å². The maximum atomic E-state index is 5.66. The molecule has 2 heterocycles. The van der Waals surface area contributed by atoms with Crippen LogP contribution in [0.2, 0.25) is 0 Å². The van der Waals surface area contributed by atoms with Crippen LogP contribution in [0.5, 0.6) is 0 Å². The van der Waals surface area contributed by atoms with Crippen LogP contribution in [0, 0.1) is 0 Å². The average molecular weight is 284 g/mol. The van der Waals surface area contributed by atoms with E-state index in [-0.39, 0.29) is 0 Å². The molecule has 0 aromatic carbocycles. The van der Waals surface area contributed by atoms with E-state index in [0.717, 1.165) is 11.2 Å². The zero-order valence-electron chi connectivity index (χ0n) is 7.89. The summed E-state index contributed by atoms with van der Waals surface area (Å²) in [5, 5.41) is 0. The molecule has 0 radical (unpaired) electrons. The first kappa shape index (κ1) is 9.21. The van der Waals surface area contributed by atoms with Crippen LogP contribution < -0.4 is 18.7 Å². The Kier molecular flexibility index (Phi) is 2.92. The van der Waals surface area contributed by atoms with Crippen LogP contribution in [-0.4, -0.2) is 36.3 Å². The van der Waals surface area contributed by atoms with Gasteiger partial charge in [-0.1, -0.05) is 0 Å². The van der Waals surface area contributed by atoms with Crippen molar-refractivity contribution in [3.8, 4) is 0 Å². The molecule has 0 saturated carbocycles. The second-order valence-corrected chi connectivity index (χ2v) is 13.0. The number of rotatable bonds is 3. The molecule has 0 aromatic rings. The summed E-state index contributed by atoms with van der Waals surface area (Å²) in [7, 11) is 0. The van der Waals surface area contributed by atoms with Crippen LogP contribution in [0.25, 0.3) is 0 Å². The summed E-state index contributed by atoms with van der Waals surface area (Å²) in [4.78, 5) is 0. The Balaban J connectivity index is 1.97. The molecule has 2 rings (SSSR count). The molecule has 0 spiro atoms. The fourth-order valence-electron chi connectivity index (χ4n) is 2.16. The summed E-state index contributed by atoms with van der Waals surface area (Å²) >= 11 is -1.45. The van der Waals surface area contributed by atoms with E-state index < -0.39 is 18.7 Å². The summed E-state index contributed by atoms with van der Waals surface area (Å²) < 4.78 is 12.7. The molecule has 2 saturated heterocycles. The molecule has 0 aromatic heterocycles. The fourth-order valence-corrected chi connectivity index (χ4v) is 12.6. The Morgan fingerprint density at radius 1 is 1.25 bits per heavy atom. The van der Waals surface area contributed by atoms with Crippen LogP contribution >= 0.6 is 0 Å². The zero-order chi connectivity index (χ0) is 8.44. The van der Waals surface area contributed by atoms with Gasteiger partial charge in [-0.15, -0.1) is 0 Å². The predicted molar refractivity (Wildman–Crippen MR) is 47.0 cm³/mol. The van der Waals surface area contributed by atoms with Crippen molar-refractivity contribution < 1.29 is 23.4 Å². The number of hydrogen-bond acceptors (Lipinski definition) is 2. The third kappa shape index (κ3) is 1.51. The Labute approximate surface area is 79.5 Å². The number of fused-ring (bicyclic) bond motifs is 1. The van der Waals surface area contributed by atoms with Crippen molar-refractivity contribution in [2.45, 2.75) is 19.8 Å². The van der Waals surface area contributed by atoms with Gasteiger partial charge in [0.2, 0.25) is 0 Å². The van der Waals surface area contributed by atoms with Crippen molar-refractivity contribution in [3.63, 3.8) is 0 Å². The third-order valence-electron chi connectivity index (χ3n) is 2.76. The minimum atomic E-state index is -1.45. The molecule has 12 heavy (non-hydrogen) atoms. The number of hydrogen-bond donors (Lipinski definition) is 0. The van der Waals surface area contributed by atoms with E-state index >= 15 is 0 Å². The second kappa shape index (κ2) is 3.80. The maximum absolute atomic E-state index is 5.66. The molecule has 2 aliphatic rings. The van der Waals surface area contributed by atoms with Crippen LogP contribution in [0.3, 0.4) is 0 Å². The molecule has 3 heteroatoms. The molecule has 0 atom stereocenters. The number of nitrogens with zero attached hydrogens (tertiary/aromatic N) is 1. The van der Waals surface area contributed by atoms with Gasteiger partial charge in [-0.2, -0.15) is 0 Å². The van der Waals surface area contributed by atoms with Gasteiger partial charge >= 0.3 is 79.5 Å². The van der Waals surface area contributed by atoms with E-state index in [1.807, 2.05) is 0 Å². The van der Waals surface area contributed by atoms with E-state index in [1.54, 1.807) is 8.86 Å². The summed E-state index contributed by atoms with van der Waals surface area (Å²) in [6.45, 7) is 5.82. The predicted octanol–water partition coefficient (Wildman–Crippen LogP) is -1.83. The van der Waals surface area contributed by atoms with Crippen molar-refractivity contribution in [3.05, 3.63) is 0 Å². The molecular formula is C9H19INO-. The van der Waals surface area contributed by atoms with Crippen LogP contribution in [0.4, 0.5) is 0 Å². The number of halogens is 1. The summed E-state index contributed by atoms with van der Waals surface area (Å²) in [6, 6.07) is 0. The molecule has 0 bridgehead atoms. The van der Waals surface area contributed by atoms with Gasteiger partial charge in [0.15, 0.2) is 0 Å². The number of ether oxygens (including phenoxy) is 1. The molecule has 0 N–H and O–H groups in total. The summed E-state index contributed by atoms with van der Waals surface area (Å²) in [5.41, 5.74) is 0. The summed E-state index contributed by atoms with van der Waals surface area (Å²) in [6.07, 6.45) is 2.92. The van der Waals surface area contributed by atoms with Gasteiger partial charge in [0.1, 0.15) is 0 Å². The van der Waals surface area contributed by atoms with Crippen LogP contribution in [0.15, 0.2) is 0 Å². The van der Waals surface area contributed by atoms with Gasteiger partial charge in [-0.25, -0.2) is 0 Å². The van der Waals surface area contributed by atoms with Crippen molar-refractivity contribution >= 4 is 0 Å². The van der Waals surface area contributed by atoms with Gasteiger partial charge in [-0.3, -0.25) is 0 Å². The topological polar surface area (TPSA) is 12.5 Å². The van der Waals surface area contributed by atoms with Crippen LogP contribution in [0.1, 0.15) is 19.8 Å². The average Bonchev–Trinajstić information content (AvgIpc) is 2.58. The van der Waals surface area contributed by atoms with Gasteiger partial charge < -0.3 is 0 Å². The summed E-state index contributed by atoms with van der Waals surface area (Å²) in [5.74, 6) is 0. The SMILES string of the molecule is CCOC[I-]12CCCN1CCC2. The van der Waals surface area contributed by atoms with E-state index in [4.69, 9.17) is 4.74 Å². The second-order valence-electron chi connectivity index (χ2n) is 3.52. The molecular weight excluding hydrogens is 265 g/mol. The monoisotopic (exact) mass is 284 g/mol. The fraction of sp³-hybridized carbons (Fsp3) is 1.00. The standard InChI is InChI=1S/C9H19INO/c1-2-12-9-10-5-3-7-11(10)8-4-6-10/h2-9H2,1H3/q-1. The van der Waals surface area contributed by atoms with E-state index in [9.17, 15) is 0 Å². The normalized spacial score (nSPS) is 30.4. The Bertz CT molecular complexity index is 153. The molecule has 74 valence electrons. The van der Waals surface area contributed by atoms with Gasteiger partial charge in [0.25, 0.3) is 0 Å². The Hall–Kier alpha value is 0.650. The first-order valence-corrected chi connectivity index (χ1v) is 10.4. The molecule has 0 unspecified atom stereocenters. The van der Waals surface area contributed by atoms with Gasteiger partial charge in [-0.05, 0) is 0 Å². The minimum absolute atomic E-state index is 0.916. The van der Waals surface area contributed by atoms with E-state index in [2.05, 4.69) is 10.0 Å². The van der Waals surface area contributed by atoms with Crippen molar-refractivity contribution in [1.29, 1.82) is 0 Å².